The highest BCUT2D eigenvalue weighted by atomic mass is 19.4. The van der Waals surface area contributed by atoms with E-state index in [-0.39, 0.29) is 71.5 Å². The summed E-state index contributed by atoms with van der Waals surface area (Å²) in [4.78, 5) is 37.7. The Morgan fingerprint density at radius 1 is 1.13 bits per heavy atom. The minimum Gasteiger partial charge on any atom is -0.339 e. The van der Waals surface area contributed by atoms with Gasteiger partial charge in [-0.2, -0.15) is 23.5 Å². The molecule has 3 aromatic heterocycles. The largest absolute Gasteiger partial charge is 0.435 e. The number of hydrogen-bond acceptors (Lipinski definition) is 8. The number of nitrogens with zero attached hydrogens (tertiary/aromatic N) is 8. The Labute approximate surface area is 254 Å². The summed E-state index contributed by atoms with van der Waals surface area (Å²) in [7, 11) is 0. The lowest BCUT2D eigenvalue weighted by molar-refractivity contribution is -0.141. The summed E-state index contributed by atoms with van der Waals surface area (Å²) in [6, 6.07) is 4.54. The second-order valence-corrected chi connectivity index (χ2v) is 11.2. The summed E-state index contributed by atoms with van der Waals surface area (Å²) < 4.78 is 59.0. The van der Waals surface area contributed by atoms with Gasteiger partial charge in [-0.3, -0.25) is 18.7 Å². The molecule has 4 aromatic rings. The number of anilines is 2. The smallest absolute Gasteiger partial charge is 0.339 e. The number of aryl methyl sites for hydroxylation is 1. The van der Waals surface area contributed by atoms with Crippen molar-refractivity contribution in [3.63, 3.8) is 0 Å². The Kier molecular flexibility index (Phi) is 7.65. The predicted molar refractivity (Wildman–Crippen MR) is 152 cm³/mol. The summed E-state index contributed by atoms with van der Waals surface area (Å²) in [6.07, 6.45) is 1.68. The standard InChI is InChI=1S/C29H28F4N10O2/c1-16-10-19(13-21(30)23(16)28(45)41-8-6-40(7-9-41)27(44)17-11-18(35)12-17)38-25-26-37-14-22(43(26)5-3-36-25)20-15-42(4-2-34)39-24(20)29(31,32)33/h3,5,10,13-15,17-18H,4,6-9,11-12,35H2,1H3,(H,36,38). The number of benzene rings is 1. The van der Waals surface area contributed by atoms with Crippen LogP contribution >= 0.6 is 0 Å². The molecule has 45 heavy (non-hydrogen) atoms. The Morgan fingerprint density at radius 2 is 1.84 bits per heavy atom. The number of nitriles is 1. The molecule has 1 aliphatic carbocycles. The summed E-state index contributed by atoms with van der Waals surface area (Å²) in [6.45, 7) is 2.51. The first-order valence-electron chi connectivity index (χ1n) is 14.2. The molecule has 2 aliphatic rings. The van der Waals surface area contributed by atoms with Crippen LogP contribution in [0.2, 0.25) is 0 Å². The topological polar surface area (TPSA) is 150 Å². The van der Waals surface area contributed by atoms with Crippen molar-refractivity contribution >= 4 is 29.0 Å². The first-order valence-corrected chi connectivity index (χ1v) is 14.2. The van der Waals surface area contributed by atoms with Crippen LogP contribution in [-0.2, 0) is 17.5 Å². The van der Waals surface area contributed by atoms with Crippen molar-refractivity contribution in [1.29, 1.82) is 5.26 Å². The van der Waals surface area contributed by atoms with Crippen molar-refractivity contribution in [2.75, 3.05) is 31.5 Å². The number of amides is 2. The Morgan fingerprint density at radius 3 is 2.49 bits per heavy atom. The molecule has 0 bridgehead atoms. The number of piperazine rings is 1. The molecule has 0 radical (unpaired) electrons. The van der Waals surface area contributed by atoms with Crippen LogP contribution in [0, 0.1) is 30.0 Å². The first-order chi connectivity index (χ1) is 21.4. The van der Waals surface area contributed by atoms with Gasteiger partial charge in [0.15, 0.2) is 17.2 Å². The molecule has 1 aliphatic heterocycles. The minimum atomic E-state index is -4.78. The summed E-state index contributed by atoms with van der Waals surface area (Å²) in [5.41, 5.74) is 5.10. The van der Waals surface area contributed by atoms with E-state index in [9.17, 15) is 22.8 Å². The quantitative estimate of drug-likeness (QED) is 0.310. The molecular formula is C29H28F4N10O2. The third-order valence-electron chi connectivity index (χ3n) is 8.13. The maximum absolute atomic E-state index is 15.4. The highest BCUT2D eigenvalue weighted by Crippen LogP contribution is 2.37. The van der Waals surface area contributed by atoms with Crippen LogP contribution in [-0.4, -0.2) is 78.0 Å². The Bertz CT molecular complexity index is 1810. The average molecular weight is 625 g/mol. The van der Waals surface area contributed by atoms with Crippen LogP contribution in [0.3, 0.4) is 0 Å². The van der Waals surface area contributed by atoms with Gasteiger partial charge in [0.05, 0.1) is 29.1 Å². The van der Waals surface area contributed by atoms with Gasteiger partial charge in [-0.25, -0.2) is 14.4 Å². The monoisotopic (exact) mass is 624 g/mol. The van der Waals surface area contributed by atoms with Gasteiger partial charge in [0.25, 0.3) is 5.91 Å². The van der Waals surface area contributed by atoms with E-state index >= 15 is 4.39 Å². The molecule has 2 fully saturated rings. The fraction of sp³-hybridized carbons (Fsp3) is 0.379. The third-order valence-corrected chi connectivity index (χ3v) is 8.13. The minimum absolute atomic E-state index is 0.0460. The van der Waals surface area contributed by atoms with E-state index in [4.69, 9.17) is 11.0 Å². The maximum atomic E-state index is 15.4. The second kappa shape index (κ2) is 11.5. The number of hydrogen-bond donors (Lipinski definition) is 2. The second-order valence-electron chi connectivity index (χ2n) is 11.2. The number of carbonyl (C=O) groups excluding carboxylic acids is 2. The van der Waals surface area contributed by atoms with Crippen LogP contribution in [0.1, 0.15) is 34.5 Å². The Hall–Kier alpha value is -5.04. The van der Waals surface area contributed by atoms with Crippen LogP contribution in [0.15, 0.2) is 36.9 Å². The van der Waals surface area contributed by atoms with Gasteiger partial charge in [0, 0.05) is 62.4 Å². The number of carbonyl (C=O) groups is 2. The van der Waals surface area contributed by atoms with Gasteiger partial charge in [-0.15, -0.1) is 0 Å². The number of alkyl halides is 3. The number of fused-ring (bicyclic) bond motifs is 1. The summed E-state index contributed by atoms with van der Waals surface area (Å²) >= 11 is 0. The zero-order valence-electron chi connectivity index (χ0n) is 24.1. The SMILES string of the molecule is Cc1cc(Nc2nccn3c(-c4cn(CC#N)nc4C(F)(F)F)cnc23)cc(F)c1C(=O)N1CCN(C(=O)C2CC(N)C2)CC1. The molecule has 1 saturated heterocycles. The zero-order chi connectivity index (χ0) is 32.0. The van der Waals surface area contributed by atoms with E-state index < -0.39 is 23.6 Å². The molecule has 6 rings (SSSR count). The predicted octanol–water partition coefficient (Wildman–Crippen LogP) is 3.35. The molecule has 2 amide bonds. The van der Waals surface area contributed by atoms with E-state index in [2.05, 4.69) is 20.4 Å². The van der Waals surface area contributed by atoms with E-state index in [1.54, 1.807) is 24.0 Å². The molecule has 12 nitrogen and oxygen atoms in total. The first kappa shape index (κ1) is 30.0. The molecule has 1 aromatic carbocycles. The number of nitrogens with two attached hydrogens (primary N) is 1. The van der Waals surface area contributed by atoms with Crippen LogP contribution in [0.25, 0.3) is 16.9 Å². The van der Waals surface area contributed by atoms with Gasteiger partial charge < -0.3 is 20.9 Å². The third kappa shape index (κ3) is 5.66. The molecule has 234 valence electrons. The lowest BCUT2D eigenvalue weighted by atomic mass is 9.80. The number of nitrogens with one attached hydrogen (secondary N) is 1. The average Bonchev–Trinajstić information content (AvgIpc) is 3.60. The summed E-state index contributed by atoms with van der Waals surface area (Å²) in [5, 5.41) is 15.4. The van der Waals surface area contributed by atoms with Gasteiger partial charge in [0.1, 0.15) is 12.4 Å². The molecule has 1 saturated carbocycles. The summed E-state index contributed by atoms with van der Waals surface area (Å²) in [5.74, 6) is -1.14. The fourth-order valence-corrected chi connectivity index (χ4v) is 5.81. The van der Waals surface area contributed by atoms with Crippen LogP contribution in [0.5, 0.6) is 0 Å². The maximum Gasteiger partial charge on any atom is 0.435 e. The highest BCUT2D eigenvalue weighted by Gasteiger charge is 2.39. The molecule has 16 heteroatoms. The van der Waals surface area contributed by atoms with E-state index in [0.717, 1.165) is 16.9 Å². The van der Waals surface area contributed by atoms with E-state index in [0.29, 0.717) is 31.5 Å². The van der Waals surface area contributed by atoms with Gasteiger partial charge in [-0.1, -0.05) is 0 Å². The van der Waals surface area contributed by atoms with Gasteiger partial charge in [0.2, 0.25) is 5.91 Å². The van der Waals surface area contributed by atoms with Gasteiger partial charge >= 0.3 is 6.18 Å². The number of rotatable bonds is 6. The molecule has 0 spiro atoms. The van der Waals surface area contributed by atoms with Gasteiger partial charge in [-0.05, 0) is 37.5 Å². The molecule has 0 unspecified atom stereocenters. The Balaban J connectivity index is 1.20. The highest BCUT2D eigenvalue weighted by molar-refractivity contribution is 5.97. The van der Waals surface area contributed by atoms with Crippen molar-refractivity contribution in [2.45, 2.75) is 38.5 Å². The molecule has 3 N–H and O–H groups in total. The van der Waals surface area contributed by atoms with Crippen molar-refractivity contribution in [2.24, 2.45) is 11.7 Å². The van der Waals surface area contributed by atoms with Crippen molar-refractivity contribution in [3.05, 3.63) is 59.6 Å². The normalized spacial score (nSPS) is 18.5. The van der Waals surface area contributed by atoms with E-state index in [1.165, 1.54) is 27.9 Å². The number of halogens is 4. The zero-order valence-corrected chi connectivity index (χ0v) is 24.1. The lowest BCUT2D eigenvalue weighted by Crippen LogP contribution is -2.54. The van der Waals surface area contributed by atoms with Crippen LogP contribution in [0.4, 0.5) is 29.1 Å². The molecular weight excluding hydrogens is 596 g/mol. The van der Waals surface area contributed by atoms with Crippen molar-refractivity contribution in [1.82, 2.24) is 33.9 Å². The molecule has 0 atom stereocenters. The number of aromatic nitrogens is 5. The fourth-order valence-electron chi connectivity index (χ4n) is 5.81. The number of imidazole rings is 1. The van der Waals surface area contributed by atoms with E-state index in [1.807, 2.05) is 0 Å². The van der Waals surface area contributed by atoms with Crippen molar-refractivity contribution in [3.8, 4) is 17.3 Å². The van der Waals surface area contributed by atoms with Crippen LogP contribution < -0.4 is 11.1 Å². The van der Waals surface area contributed by atoms with Crippen molar-refractivity contribution < 1.29 is 27.2 Å². The molecule has 4 heterocycles. The lowest BCUT2D eigenvalue weighted by Gasteiger charge is -2.40.